The van der Waals surface area contributed by atoms with E-state index in [0.717, 1.165) is 31.9 Å². The molecule has 6 nitrogen and oxygen atoms in total. The number of nitrogens with one attached hydrogen (secondary N) is 1. The highest BCUT2D eigenvalue weighted by Crippen LogP contribution is 2.24. The molecule has 0 spiro atoms. The van der Waals surface area contributed by atoms with E-state index in [1.54, 1.807) is 18.2 Å². The van der Waals surface area contributed by atoms with Crippen molar-refractivity contribution in [1.29, 1.82) is 0 Å². The van der Waals surface area contributed by atoms with Crippen LogP contribution in [0.5, 0.6) is 0 Å². The quantitative estimate of drug-likeness (QED) is 0.619. The minimum atomic E-state index is -0.364. The molecule has 3 aromatic rings. The van der Waals surface area contributed by atoms with Crippen LogP contribution in [0.3, 0.4) is 0 Å². The standard InChI is InChI=1S/C24H26FN3O3/c1-17(18-6-8-19(9-7-18)28-12-14-30-15-13-28)27-23(29)10-11-24-26-16-22(31-24)20-4-2-3-5-21(20)25/h2-9,16-17H,10-15H2,1H3,(H,27,29). The fraction of sp³-hybridized carbons (Fsp3) is 0.333. The second-order valence-electron chi connectivity index (χ2n) is 7.58. The Kier molecular flexibility index (Phi) is 6.62. The van der Waals surface area contributed by atoms with Gasteiger partial charge in [0, 0.05) is 31.6 Å². The number of aryl methyl sites for hydroxylation is 1. The molecule has 1 saturated heterocycles. The molecular weight excluding hydrogens is 397 g/mol. The number of benzene rings is 2. The third kappa shape index (κ3) is 5.30. The third-order valence-electron chi connectivity index (χ3n) is 5.41. The number of nitrogens with zero attached hydrogens (tertiary/aromatic N) is 2. The van der Waals surface area contributed by atoms with E-state index in [-0.39, 0.29) is 24.2 Å². The SMILES string of the molecule is CC(NC(=O)CCc1ncc(-c2ccccc2F)o1)c1ccc(N2CCOCC2)cc1. The van der Waals surface area contributed by atoms with Gasteiger partial charge in [-0.1, -0.05) is 24.3 Å². The van der Waals surface area contributed by atoms with Crippen LogP contribution in [-0.2, 0) is 16.0 Å². The van der Waals surface area contributed by atoms with E-state index in [9.17, 15) is 9.18 Å². The predicted octanol–water partition coefficient (Wildman–Crippen LogP) is 4.13. The molecule has 0 radical (unpaired) electrons. The molecule has 1 N–H and O–H groups in total. The Morgan fingerprint density at radius 3 is 2.65 bits per heavy atom. The molecule has 1 aromatic heterocycles. The summed E-state index contributed by atoms with van der Waals surface area (Å²) >= 11 is 0. The number of carbonyl (C=O) groups excluding carboxylic acids is 1. The van der Waals surface area contributed by atoms with E-state index < -0.39 is 0 Å². The first kappa shape index (κ1) is 21.1. The van der Waals surface area contributed by atoms with Crippen molar-refractivity contribution in [2.24, 2.45) is 0 Å². The number of hydrogen-bond acceptors (Lipinski definition) is 5. The van der Waals surface area contributed by atoms with Crippen molar-refractivity contribution in [1.82, 2.24) is 10.3 Å². The largest absolute Gasteiger partial charge is 0.441 e. The first-order chi connectivity index (χ1) is 15.1. The van der Waals surface area contributed by atoms with E-state index in [0.29, 0.717) is 23.6 Å². The maximum Gasteiger partial charge on any atom is 0.220 e. The Morgan fingerprint density at radius 2 is 1.90 bits per heavy atom. The topological polar surface area (TPSA) is 67.6 Å². The van der Waals surface area contributed by atoms with Crippen LogP contribution in [0.1, 0.15) is 30.8 Å². The summed E-state index contributed by atoms with van der Waals surface area (Å²) in [6.45, 7) is 5.25. The fourth-order valence-electron chi connectivity index (χ4n) is 3.62. The van der Waals surface area contributed by atoms with E-state index in [1.165, 1.54) is 18.0 Å². The monoisotopic (exact) mass is 423 g/mol. The molecule has 0 aliphatic carbocycles. The third-order valence-corrected chi connectivity index (χ3v) is 5.41. The molecule has 1 fully saturated rings. The normalized spacial score (nSPS) is 15.0. The summed E-state index contributed by atoms with van der Waals surface area (Å²) in [5, 5.41) is 3.01. The number of morpholine rings is 1. The Hall–Kier alpha value is -3.19. The van der Waals surface area contributed by atoms with Gasteiger partial charge in [-0.15, -0.1) is 0 Å². The maximum absolute atomic E-state index is 13.9. The Balaban J connectivity index is 1.28. The van der Waals surface area contributed by atoms with Gasteiger partial charge in [0.05, 0.1) is 31.0 Å². The van der Waals surface area contributed by atoms with Crippen molar-refractivity contribution in [3.63, 3.8) is 0 Å². The van der Waals surface area contributed by atoms with E-state index in [1.807, 2.05) is 19.1 Å². The molecule has 1 atom stereocenters. The van der Waals surface area contributed by atoms with Gasteiger partial charge in [0.1, 0.15) is 5.82 Å². The van der Waals surface area contributed by atoms with Crippen LogP contribution in [0.4, 0.5) is 10.1 Å². The first-order valence-electron chi connectivity index (χ1n) is 10.5. The zero-order valence-corrected chi connectivity index (χ0v) is 17.5. The van der Waals surface area contributed by atoms with Crippen molar-refractivity contribution >= 4 is 11.6 Å². The van der Waals surface area contributed by atoms with Crippen LogP contribution in [0, 0.1) is 5.82 Å². The molecule has 0 bridgehead atoms. The van der Waals surface area contributed by atoms with Crippen molar-refractivity contribution in [3.8, 4) is 11.3 Å². The zero-order chi connectivity index (χ0) is 21.6. The second kappa shape index (κ2) is 9.75. The highest BCUT2D eigenvalue weighted by molar-refractivity contribution is 5.76. The van der Waals surface area contributed by atoms with Gasteiger partial charge in [0.25, 0.3) is 0 Å². The smallest absolute Gasteiger partial charge is 0.220 e. The lowest BCUT2D eigenvalue weighted by Crippen LogP contribution is -2.36. The minimum absolute atomic E-state index is 0.0876. The van der Waals surface area contributed by atoms with Crippen LogP contribution in [0.25, 0.3) is 11.3 Å². The predicted molar refractivity (Wildman–Crippen MR) is 116 cm³/mol. The molecule has 1 aliphatic heterocycles. The molecule has 1 aliphatic rings. The fourth-order valence-corrected chi connectivity index (χ4v) is 3.62. The Bertz CT molecular complexity index is 1010. The highest BCUT2D eigenvalue weighted by Gasteiger charge is 2.15. The first-order valence-corrected chi connectivity index (χ1v) is 10.5. The van der Waals surface area contributed by atoms with E-state index >= 15 is 0 Å². The molecule has 2 aromatic carbocycles. The van der Waals surface area contributed by atoms with Gasteiger partial charge in [-0.25, -0.2) is 9.37 Å². The van der Waals surface area contributed by atoms with Crippen LogP contribution < -0.4 is 10.2 Å². The van der Waals surface area contributed by atoms with Gasteiger partial charge >= 0.3 is 0 Å². The van der Waals surface area contributed by atoms with Gasteiger partial charge in [0.15, 0.2) is 11.7 Å². The number of carbonyl (C=O) groups is 1. The molecule has 1 amide bonds. The van der Waals surface area contributed by atoms with Crippen LogP contribution in [0.2, 0.25) is 0 Å². The summed E-state index contributed by atoms with van der Waals surface area (Å²) in [6.07, 6.45) is 2.08. The molecule has 31 heavy (non-hydrogen) atoms. The van der Waals surface area contributed by atoms with Crippen molar-refractivity contribution in [3.05, 3.63) is 72.0 Å². The average Bonchev–Trinajstić information content (AvgIpc) is 3.27. The average molecular weight is 423 g/mol. The number of ether oxygens (including phenoxy) is 1. The minimum Gasteiger partial charge on any atom is -0.441 e. The maximum atomic E-state index is 13.9. The summed E-state index contributed by atoms with van der Waals surface area (Å²) in [7, 11) is 0. The second-order valence-corrected chi connectivity index (χ2v) is 7.58. The van der Waals surface area contributed by atoms with Gasteiger partial charge in [-0.05, 0) is 36.8 Å². The molecule has 7 heteroatoms. The van der Waals surface area contributed by atoms with Gasteiger partial charge < -0.3 is 19.4 Å². The number of amides is 1. The van der Waals surface area contributed by atoms with Crippen molar-refractivity contribution in [2.45, 2.75) is 25.8 Å². The van der Waals surface area contributed by atoms with Crippen molar-refractivity contribution in [2.75, 3.05) is 31.2 Å². The molecule has 1 unspecified atom stereocenters. The van der Waals surface area contributed by atoms with Gasteiger partial charge in [-0.2, -0.15) is 0 Å². The molecule has 162 valence electrons. The highest BCUT2D eigenvalue weighted by atomic mass is 19.1. The van der Waals surface area contributed by atoms with Crippen molar-refractivity contribution < 1.29 is 18.3 Å². The Labute approximate surface area is 181 Å². The summed E-state index contributed by atoms with van der Waals surface area (Å²) in [6, 6.07) is 14.5. The lowest BCUT2D eigenvalue weighted by molar-refractivity contribution is -0.121. The van der Waals surface area contributed by atoms with Gasteiger partial charge in [-0.3, -0.25) is 4.79 Å². The summed E-state index contributed by atoms with van der Waals surface area (Å²) in [5.74, 6) is 0.324. The molecule has 4 rings (SSSR count). The van der Waals surface area contributed by atoms with Crippen LogP contribution in [0.15, 0.2) is 59.1 Å². The molecule has 0 saturated carbocycles. The number of oxazole rings is 1. The van der Waals surface area contributed by atoms with E-state index in [4.69, 9.17) is 9.15 Å². The number of aromatic nitrogens is 1. The van der Waals surface area contributed by atoms with Crippen LogP contribution >= 0.6 is 0 Å². The number of hydrogen-bond donors (Lipinski definition) is 1. The molecular formula is C24H26FN3O3. The lowest BCUT2D eigenvalue weighted by Gasteiger charge is -2.29. The Morgan fingerprint density at radius 1 is 1.16 bits per heavy atom. The summed E-state index contributed by atoms with van der Waals surface area (Å²) in [5.41, 5.74) is 2.57. The summed E-state index contributed by atoms with van der Waals surface area (Å²) < 4.78 is 24.9. The van der Waals surface area contributed by atoms with Gasteiger partial charge in [0.2, 0.25) is 5.91 Å². The number of halogens is 1. The summed E-state index contributed by atoms with van der Waals surface area (Å²) in [4.78, 5) is 18.8. The number of rotatable bonds is 7. The van der Waals surface area contributed by atoms with Crippen LogP contribution in [-0.4, -0.2) is 37.2 Å². The lowest BCUT2D eigenvalue weighted by atomic mass is 10.1. The molecule has 2 heterocycles. The number of anilines is 1. The zero-order valence-electron chi connectivity index (χ0n) is 17.5. The van der Waals surface area contributed by atoms with E-state index in [2.05, 4.69) is 27.3 Å².